The van der Waals surface area contributed by atoms with Crippen LogP contribution in [0.4, 0.5) is 8.78 Å². The summed E-state index contributed by atoms with van der Waals surface area (Å²) in [5, 5.41) is 18.4. The Balaban J connectivity index is 2.59. The van der Waals surface area contributed by atoms with Crippen LogP contribution in [0.25, 0.3) is 0 Å². The molecule has 3 nitrogen and oxygen atoms in total. The van der Waals surface area contributed by atoms with Crippen molar-refractivity contribution in [2.45, 2.75) is 24.7 Å². The number of carboxylic acids is 1. The predicted molar refractivity (Wildman–Crippen MR) is 51.7 cm³/mol. The molecule has 0 aliphatic heterocycles. The van der Waals surface area contributed by atoms with Gasteiger partial charge < -0.3 is 10.2 Å². The van der Waals surface area contributed by atoms with Gasteiger partial charge in [-0.2, -0.15) is 0 Å². The number of aryl methyl sites for hydroxylation is 1. The van der Waals surface area contributed by atoms with Crippen LogP contribution >= 0.6 is 0 Å². The van der Waals surface area contributed by atoms with Gasteiger partial charge in [0.1, 0.15) is 5.75 Å². The van der Waals surface area contributed by atoms with E-state index in [0.717, 1.165) is 0 Å². The number of phenols is 1. The van der Waals surface area contributed by atoms with Crippen molar-refractivity contribution in [3.05, 3.63) is 29.3 Å². The fourth-order valence-corrected chi connectivity index (χ4v) is 1.92. The minimum absolute atomic E-state index is 0.204. The fraction of sp³-hybridized carbons (Fsp3) is 0.364. The zero-order valence-electron chi connectivity index (χ0n) is 8.50. The number of alkyl halides is 2. The third-order valence-corrected chi connectivity index (χ3v) is 2.96. The van der Waals surface area contributed by atoms with E-state index >= 15 is 0 Å². The standard InChI is InChI=1S/C11H10F2O3/c1-6-2-3-8(14)7(4-6)10(9(15)16)5-11(10,12)13/h2-4,14H,5H2,1H3,(H,15,16). The number of hydrogen-bond donors (Lipinski definition) is 2. The lowest BCUT2D eigenvalue weighted by molar-refractivity contribution is -0.143. The van der Waals surface area contributed by atoms with Crippen LogP contribution in [0.3, 0.4) is 0 Å². The Labute approximate surface area is 90.3 Å². The molecule has 1 unspecified atom stereocenters. The molecule has 0 aromatic heterocycles. The summed E-state index contributed by atoms with van der Waals surface area (Å²) in [6.45, 7) is 1.65. The molecule has 0 radical (unpaired) electrons. The van der Waals surface area contributed by atoms with E-state index in [4.69, 9.17) is 5.11 Å². The number of phenolic OH excluding ortho intramolecular Hbond substituents is 1. The summed E-state index contributed by atoms with van der Waals surface area (Å²) >= 11 is 0. The molecular formula is C11H10F2O3. The zero-order chi connectivity index (χ0) is 12.1. The maximum atomic E-state index is 13.2. The molecule has 2 N–H and O–H groups in total. The second kappa shape index (κ2) is 2.93. The molecule has 16 heavy (non-hydrogen) atoms. The molecule has 0 bridgehead atoms. The van der Waals surface area contributed by atoms with Gasteiger partial charge in [0, 0.05) is 12.0 Å². The lowest BCUT2D eigenvalue weighted by Gasteiger charge is -2.14. The molecule has 1 aliphatic rings. The van der Waals surface area contributed by atoms with Crippen molar-refractivity contribution in [3.63, 3.8) is 0 Å². The second-order valence-corrected chi connectivity index (χ2v) is 4.11. The third kappa shape index (κ3) is 1.20. The van der Waals surface area contributed by atoms with E-state index in [0.29, 0.717) is 5.56 Å². The molecule has 1 atom stereocenters. The van der Waals surface area contributed by atoms with Crippen molar-refractivity contribution in [2.24, 2.45) is 0 Å². The highest BCUT2D eigenvalue weighted by Crippen LogP contribution is 2.63. The minimum atomic E-state index is -3.29. The first kappa shape index (κ1) is 10.9. The second-order valence-electron chi connectivity index (χ2n) is 4.11. The average molecular weight is 228 g/mol. The van der Waals surface area contributed by atoms with Gasteiger partial charge in [-0.15, -0.1) is 0 Å². The van der Waals surface area contributed by atoms with Crippen LogP contribution in [-0.2, 0) is 10.2 Å². The van der Waals surface area contributed by atoms with Crippen LogP contribution < -0.4 is 0 Å². The van der Waals surface area contributed by atoms with E-state index < -0.39 is 29.5 Å². The van der Waals surface area contributed by atoms with E-state index in [1.165, 1.54) is 18.2 Å². The Morgan fingerprint density at radius 3 is 2.44 bits per heavy atom. The van der Waals surface area contributed by atoms with Gasteiger partial charge in [0.15, 0.2) is 5.41 Å². The van der Waals surface area contributed by atoms with Crippen LogP contribution in [0, 0.1) is 6.92 Å². The van der Waals surface area contributed by atoms with Gasteiger partial charge in [-0.25, -0.2) is 8.78 Å². The summed E-state index contributed by atoms with van der Waals surface area (Å²) in [6, 6.07) is 4.07. The van der Waals surface area contributed by atoms with Gasteiger partial charge in [0.2, 0.25) is 0 Å². The Morgan fingerprint density at radius 2 is 2.00 bits per heavy atom. The highest BCUT2D eigenvalue weighted by atomic mass is 19.3. The number of halogens is 2. The topological polar surface area (TPSA) is 57.5 Å². The average Bonchev–Trinajstić information content (AvgIpc) is 2.75. The first-order chi connectivity index (χ1) is 7.31. The van der Waals surface area contributed by atoms with Crippen molar-refractivity contribution in [1.29, 1.82) is 0 Å². The first-order valence-electron chi connectivity index (χ1n) is 4.72. The molecule has 2 rings (SSSR count). The van der Waals surface area contributed by atoms with E-state index in [1.807, 2.05) is 0 Å². The van der Waals surface area contributed by atoms with Crippen molar-refractivity contribution >= 4 is 5.97 Å². The predicted octanol–water partition coefficient (Wildman–Crippen LogP) is 2.06. The molecule has 5 heteroatoms. The molecule has 1 aliphatic carbocycles. The van der Waals surface area contributed by atoms with Crippen molar-refractivity contribution in [3.8, 4) is 5.75 Å². The monoisotopic (exact) mass is 228 g/mol. The van der Waals surface area contributed by atoms with Gasteiger partial charge in [-0.1, -0.05) is 17.7 Å². The van der Waals surface area contributed by atoms with E-state index in [-0.39, 0.29) is 5.56 Å². The number of hydrogen-bond acceptors (Lipinski definition) is 2. The summed E-state index contributed by atoms with van der Waals surface area (Å²) in [6.07, 6.45) is -0.758. The van der Waals surface area contributed by atoms with E-state index in [1.54, 1.807) is 6.92 Å². The summed E-state index contributed by atoms with van der Waals surface area (Å²) in [7, 11) is 0. The normalized spacial score (nSPS) is 26.4. The summed E-state index contributed by atoms with van der Waals surface area (Å²) in [5.74, 6) is -5.28. The first-order valence-corrected chi connectivity index (χ1v) is 4.72. The van der Waals surface area contributed by atoms with Crippen LogP contribution in [-0.4, -0.2) is 22.1 Å². The van der Waals surface area contributed by atoms with Gasteiger partial charge in [-0.3, -0.25) is 4.79 Å². The number of aromatic hydroxyl groups is 1. The Morgan fingerprint density at radius 1 is 1.44 bits per heavy atom. The van der Waals surface area contributed by atoms with Gasteiger partial charge in [-0.05, 0) is 13.0 Å². The summed E-state index contributed by atoms with van der Waals surface area (Å²) in [5.41, 5.74) is -1.82. The van der Waals surface area contributed by atoms with E-state index in [2.05, 4.69) is 0 Å². The zero-order valence-corrected chi connectivity index (χ0v) is 8.50. The Bertz CT molecular complexity index is 470. The smallest absolute Gasteiger partial charge is 0.320 e. The number of rotatable bonds is 2. The highest BCUT2D eigenvalue weighted by molar-refractivity contribution is 5.88. The molecule has 0 saturated heterocycles. The lowest BCUT2D eigenvalue weighted by atomic mass is 9.93. The molecule has 1 saturated carbocycles. The Hall–Kier alpha value is -1.65. The molecule has 0 spiro atoms. The third-order valence-electron chi connectivity index (χ3n) is 2.96. The highest BCUT2D eigenvalue weighted by Gasteiger charge is 2.78. The quantitative estimate of drug-likeness (QED) is 0.814. The lowest BCUT2D eigenvalue weighted by Crippen LogP contribution is -2.27. The largest absolute Gasteiger partial charge is 0.508 e. The van der Waals surface area contributed by atoms with Gasteiger partial charge >= 0.3 is 5.97 Å². The maximum Gasteiger partial charge on any atom is 0.320 e. The molecule has 1 aromatic rings. The number of carboxylic acid groups (broad SMARTS) is 1. The van der Waals surface area contributed by atoms with Gasteiger partial charge in [0.05, 0.1) is 0 Å². The number of benzene rings is 1. The fourth-order valence-electron chi connectivity index (χ4n) is 1.92. The van der Waals surface area contributed by atoms with Crippen LogP contribution in [0.1, 0.15) is 17.5 Å². The van der Waals surface area contributed by atoms with Crippen LogP contribution in [0.5, 0.6) is 5.75 Å². The number of aliphatic carboxylic acids is 1. The van der Waals surface area contributed by atoms with Crippen molar-refractivity contribution in [1.82, 2.24) is 0 Å². The van der Waals surface area contributed by atoms with Gasteiger partial charge in [0.25, 0.3) is 5.92 Å². The number of carbonyl (C=O) groups is 1. The van der Waals surface area contributed by atoms with Crippen molar-refractivity contribution < 1.29 is 23.8 Å². The molecule has 1 aromatic carbocycles. The summed E-state index contributed by atoms with van der Waals surface area (Å²) < 4.78 is 26.4. The van der Waals surface area contributed by atoms with Crippen LogP contribution in [0.2, 0.25) is 0 Å². The van der Waals surface area contributed by atoms with Crippen LogP contribution in [0.15, 0.2) is 18.2 Å². The van der Waals surface area contributed by atoms with Crippen molar-refractivity contribution in [2.75, 3.05) is 0 Å². The Kier molecular flexibility index (Phi) is 1.99. The minimum Gasteiger partial charge on any atom is -0.508 e. The molecule has 86 valence electrons. The molecular weight excluding hydrogens is 218 g/mol. The molecule has 0 amide bonds. The SMILES string of the molecule is Cc1ccc(O)c(C2(C(=O)O)CC2(F)F)c1. The van der Waals surface area contributed by atoms with E-state index in [9.17, 15) is 18.7 Å². The maximum absolute atomic E-state index is 13.2. The molecule has 1 fully saturated rings. The molecule has 0 heterocycles. The summed E-state index contributed by atoms with van der Waals surface area (Å²) in [4.78, 5) is 11.0.